The average Bonchev–Trinajstić information content (AvgIpc) is 3.45. The van der Waals surface area contributed by atoms with E-state index in [9.17, 15) is 9.59 Å². The van der Waals surface area contributed by atoms with Gasteiger partial charge in [0.1, 0.15) is 0 Å². The van der Waals surface area contributed by atoms with Crippen LogP contribution in [0.4, 0.5) is 10.5 Å². The lowest BCUT2D eigenvalue weighted by molar-refractivity contribution is -0.131. The van der Waals surface area contributed by atoms with Crippen LogP contribution in [-0.4, -0.2) is 47.9 Å². The van der Waals surface area contributed by atoms with Crippen molar-refractivity contribution in [2.75, 3.05) is 31.5 Å². The van der Waals surface area contributed by atoms with Gasteiger partial charge in [0.15, 0.2) is 0 Å². The van der Waals surface area contributed by atoms with Crippen molar-refractivity contribution in [3.63, 3.8) is 0 Å². The van der Waals surface area contributed by atoms with Crippen LogP contribution < -0.4 is 5.32 Å². The van der Waals surface area contributed by atoms with Crippen molar-refractivity contribution in [1.29, 1.82) is 0 Å². The van der Waals surface area contributed by atoms with Gasteiger partial charge in [-0.15, -0.1) is 0 Å². The highest BCUT2D eigenvalue weighted by atomic mass is 16.2. The number of anilines is 1. The average molecular weight is 372 g/mol. The van der Waals surface area contributed by atoms with E-state index in [1.165, 1.54) is 18.4 Å². The number of hydrogen-bond donors (Lipinski definition) is 1. The molecule has 148 valence electrons. The van der Waals surface area contributed by atoms with E-state index >= 15 is 0 Å². The van der Waals surface area contributed by atoms with E-state index in [0.717, 1.165) is 31.0 Å². The molecule has 1 N–H and O–H groups in total. The lowest BCUT2D eigenvalue weighted by Crippen LogP contribution is -2.39. The smallest absolute Gasteiger partial charge is 0.321 e. The van der Waals surface area contributed by atoms with Gasteiger partial charge in [-0.1, -0.05) is 45.7 Å². The molecule has 2 fully saturated rings. The number of carbonyl (C=O) groups is 2. The second kappa shape index (κ2) is 8.32. The Balaban J connectivity index is 1.49. The maximum atomic E-state index is 12.6. The molecule has 3 rings (SSSR count). The monoisotopic (exact) mass is 371 g/mol. The summed E-state index contributed by atoms with van der Waals surface area (Å²) in [5.74, 6) is 1.04. The van der Waals surface area contributed by atoms with Gasteiger partial charge in [0.2, 0.25) is 5.91 Å². The van der Waals surface area contributed by atoms with Crippen LogP contribution in [0.3, 0.4) is 0 Å². The first-order chi connectivity index (χ1) is 12.8. The zero-order valence-corrected chi connectivity index (χ0v) is 17.0. The quantitative estimate of drug-likeness (QED) is 0.861. The topological polar surface area (TPSA) is 52.7 Å². The lowest BCUT2D eigenvalue weighted by atomic mass is 9.87. The minimum absolute atomic E-state index is 0.0780. The molecule has 1 aliphatic heterocycles. The molecule has 0 aromatic heterocycles. The molecule has 3 amide bonds. The Bertz CT molecular complexity index is 659. The Morgan fingerprint density at radius 1 is 1.00 bits per heavy atom. The molecule has 1 saturated carbocycles. The summed E-state index contributed by atoms with van der Waals surface area (Å²) in [5, 5.41) is 2.99. The molecular formula is C22H33N3O2. The van der Waals surface area contributed by atoms with Crippen molar-refractivity contribution < 1.29 is 9.59 Å². The molecule has 2 aliphatic rings. The van der Waals surface area contributed by atoms with Crippen molar-refractivity contribution in [3.05, 3.63) is 29.8 Å². The number of amides is 3. The number of nitrogens with zero attached hydrogens (tertiary/aromatic N) is 2. The predicted molar refractivity (Wildman–Crippen MR) is 109 cm³/mol. The molecule has 5 heteroatoms. The molecular weight excluding hydrogens is 338 g/mol. The van der Waals surface area contributed by atoms with Crippen molar-refractivity contribution in [2.24, 2.45) is 5.92 Å². The lowest BCUT2D eigenvalue weighted by Gasteiger charge is -2.23. The number of hydrogen-bond acceptors (Lipinski definition) is 2. The summed E-state index contributed by atoms with van der Waals surface area (Å²) in [6, 6.07) is 7.98. The normalized spacial score (nSPS) is 18.2. The summed E-state index contributed by atoms with van der Waals surface area (Å²) in [4.78, 5) is 28.7. The van der Waals surface area contributed by atoms with E-state index in [1.807, 2.05) is 21.9 Å². The molecule has 1 aromatic rings. The Kier molecular flexibility index (Phi) is 6.08. The second-order valence-electron chi connectivity index (χ2n) is 8.96. The van der Waals surface area contributed by atoms with Gasteiger partial charge in [-0.05, 0) is 41.9 Å². The third-order valence-electron chi connectivity index (χ3n) is 5.60. The molecule has 1 aliphatic carbocycles. The molecule has 1 saturated heterocycles. The predicted octanol–water partition coefficient (Wildman–Crippen LogP) is 4.24. The van der Waals surface area contributed by atoms with Crippen LogP contribution in [0.25, 0.3) is 0 Å². The molecule has 1 aromatic carbocycles. The highest BCUT2D eigenvalue weighted by Crippen LogP contribution is 2.33. The zero-order valence-electron chi connectivity index (χ0n) is 17.0. The maximum absolute atomic E-state index is 12.6. The fourth-order valence-corrected chi connectivity index (χ4v) is 3.52. The van der Waals surface area contributed by atoms with E-state index in [0.29, 0.717) is 26.1 Å². The molecule has 0 unspecified atom stereocenters. The molecule has 5 nitrogen and oxygen atoms in total. The third kappa shape index (κ3) is 5.72. The van der Waals surface area contributed by atoms with Crippen LogP contribution in [0, 0.1) is 5.92 Å². The van der Waals surface area contributed by atoms with Crippen LogP contribution in [0.5, 0.6) is 0 Å². The van der Waals surface area contributed by atoms with Gasteiger partial charge in [0.25, 0.3) is 0 Å². The summed E-state index contributed by atoms with van der Waals surface area (Å²) in [6.45, 7) is 9.22. The minimum atomic E-state index is -0.0780. The summed E-state index contributed by atoms with van der Waals surface area (Å²) < 4.78 is 0. The molecule has 1 heterocycles. The molecule has 0 spiro atoms. The zero-order chi connectivity index (χ0) is 19.4. The Hall–Kier alpha value is -2.04. The van der Waals surface area contributed by atoms with Gasteiger partial charge in [-0.2, -0.15) is 0 Å². The second-order valence-corrected chi connectivity index (χ2v) is 8.96. The van der Waals surface area contributed by atoms with Crippen LogP contribution in [0.15, 0.2) is 24.3 Å². The van der Waals surface area contributed by atoms with Crippen LogP contribution in [0.1, 0.15) is 58.4 Å². The minimum Gasteiger partial charge on any atom is -0.341 e. The fourth-order valence-electron chi connectivity index (χ4n) is 3.52. The van der Waals surface area contributed by atoms with Crippen LogP contribution >= 0.6 is 0 Å². The SMILES string of the molecule is CC(C)(C)c1ccc(NC(=O)N2CCCN(C(=O)CCC3CC3)CC2)cc1. The first-order valence-corrected chi connectivity index (χ1v) is 10.3. The van der Waals surface area contributed by atoms with Crippen molar-refractivity contribution >= 4 is 17.6 Å². The molecule has 0 radical (unpaired) electrons. The summed E-state index contributed by atoms with van der Waals surface area (Å²) in [5.41, 5.74) is 2.16. The van der Waals surface area contributed by atoms with Crippen molar-refractivity contribution in [3.8, 4) is 0 Å². The van der Waals surface area contributed by atoms with Gasteiger partial charge in [-0.25, -0.2) is 4.79 Å². The number of rotatable bonds is 4. The van der Waals surface area contributed by atoms with Crippen molar-refractivity contribution in [1.82, 2.24) is 9.80 Å². The van der Waals surface area contributed by atoms with Gasteiger partial charge in [0.05, 0.1) is 0 Å². The molecule has 0 bridgehead atoms. The fraction of sp³-hybridized carbons (Fsp3) is 0.636. The van der Waals surface area contributed by atoms with E-state index in [-0.39, 0.29) is 17.4 Å². The van der Waals surface area contributed by atoms with E-state index < -0.39 is 0 Å². The molecule has 27 heavy (non-hydrogen) atoms. The van der Waals surface area contributed by atoms with E-state index in [1.54, 1.807) is 0 Å². The molecule has 0 atom stereocenters. The van der Waals surface area contributed by atoms with Gasteiger partial charge in [0, 0.05) is 38.3 Å². The largest absolute Gasteiger partial charge is 0.341 e. The number of benzene rings is 1. The standard InChI is InChI=1S/C22H33N3O2/c1-22(2,3)18-8-10-19(11-9-18)23-21(27)25-14-4-13-24(15-16-25)20(26)12-7-17-5-6-17/h8-11,17H,4-7,12-16H2,1-3H3,(H,23,27). The summed E-state index contributed by atoms with van der Waals surface area (Å²) in [7, 11) is 0. The number of urea groups is 1. The number of carbonyl (C=O) groups excluding carboxylic acids is 2. The van der Waals surface area contributed by atoms with E-state index in [2.05, 4.69) is 38.2 Å². The van der Waals surface area contributed by atoms with Crippen LogP contribution in [-0.2, 0) is 10.2 Å². The first kappa shape index (κ1) is 19.7. The van der Waals surface area contributed by atoms with Gasteiger partial charge < -0.3 is 15.1 Å². The third-order valence-corrected chi connectivity index (χ3v) is 5.60. The summed E-state index contributed by atoms with van der Waals surface area (Å²) >= 11 is 0. The Labute approximate surface area is 163 Å². The Morgan fingerprint density at radius 3 is 2.26 bits per heavy atom. The van der Waals surface area contributed by atoms with Crippen LogP contribution in [0.2, 0.25) is 0 Å². The van der Waals surface area contributed by atoms with Gasteiger partial charge in [-0.3, -0.25) is 4.79 Å². The Morgan fingerprint density at radius 2 is 1.63 bits per heavy atom. The van der Waals surface area contributed by atoms with Crippen molar-refractivity contribution in [2.45, 2.75) is 58.3 Å². The summed E-state index contributed by atoms with van der Waals surface area (Å²) in [6.07, 6.45) is 5.11. The van der Waals surface area contributed by atoms with E-state index in [4.69, 9.17) is 0 Å². The van der Waals surface area contributed by atoms with Gasteiger partial charge >= 0.3 is 6.03 Å². The maximum Gasteiger partial charge on any atom is 0.321 e. The highest BCUT2D eigenvalue weighted by Gasteiger charge is 2.25. The number of nitrogens with one attached hydrogen (secondary N) is 1. The first-order valence-electron chi connectivity index (χ1n) is 10.3. The highest BCUT2D eigenvalue weighted by molar-refractivity contribution is 5.89.